The Kier molecular flexibility index (Phi) is 6.08. The summed E-state index contributed by atoms with van der Waals surface area (Å²) in [6, 6.07) is 6.73. The Balaban J connectivity index is 2.04. The van der Waals surface area contributed by atoms with Crippen LogP contribution in [0.5, 0.6) is 5.75 Å². The lowest BCUT2D eigenvalue weighted by Crippen LogP contribution is -2.25. The van der Waals surface area contributed by atoms with Gasteiger partial charge in [-0.15, -0.1) is 10.2 Å². The van der Waals surface area contributed by atoms with Gasteiger partial charge in [0.2, 0.25) is 0 Å². The van der Waals surface area contributed by atoms with Crippen LogP contribution < -0.4 is 0 Å². The Hall–Kier alpha value is -1.63. The van der Waals surface area contributed by atoms with E-state index in [-0.39, 0.29) is 29.4 Å². The van der Waals surface area contributed by atoms with Crippen molar-refractivity contribution in [1.29, 1.82) is 0 Å². The minimum Gasteiger partial charge on any atom is -0.506 e. The number of hydrogen-bond acceptors (Lipinski definition) is 6. The SMILES string of the molecule is COC(=O)[C@H](C(C)C)n1cccc1-c1nnc(-c2cc(I)cc(I)c2O)o1. The number of aromatic hydroxyl groups is 1. The number of carbonyl (C=O) groups is 1. The zero-order valence-corrected chi connectivity index (χ0v) is 19.1. The fourth-order valence-corrected chi connectivity index (χ4v) is 4.65. The number of methoxy groups -OCH3 is 1. The summed E-state index contributed by atoms with van der Waals surface area (Å²) in [6.07, 6.45) is 1.78. The number of benzene rings is 1. The maximum Gasteiger partial charge on any atom is 0.329 e. The number of ether oxygens (including phenoxy) is 1. The van der Waals surface area contributed by atoms with E-state index in [1.165, 1.54) is 7.11 Å². The predicted octanol–water partition coefficient (Wildman–Crippen LogP) is 4.49. The maximum atomic E-state index is 12.2. The average Bonchev–Trinajstić information content (AvgIpc) is 3.27. The van der Waals surface area contributed by atoms with Gasteiger partial charge in [-0.25, -0.2) is 4.79 Å². The van der Waals surface area contributed by atoms with Crippen LogP contribution in [0.15, 0.2) is 34.9 Å². The molecular weight excluding hydrogens is 576 g/mol. The number of phenols is 1. The molecule has 0 aliphatic rings. The number of aromatic nitrogens is 3. The molecule has 27 heavy (non-hydrogen) atoms. The number of esters is 1. The number of halogens is 2. The Labute approximate surface area is 183 Å². The second kappa shape index (κ2) is 8.17. The molecule has 0 aliphatic carbocycles. The van der Waals surface area contributed by atoms with Gasteiger partial charge >= 0.3 is 5.97 Å². The van der Waals surface area contributed by atoms with Crippen LogP contribution in [-0.2, 0) is 9.53 Å². The van der Waals surface area contributed by atoms with E-state index in [2.05, 4.69) is 55.4 Å². The lowest BCUT2D eigenvalue weighted by molar-refractivity contribution is -0.145. The Morgan fingerprint density at radius 2 is 1.96 bits per heavy atom. The summed E-state index contributed by atoms with van der Waals surface area (Å²) >= 11 is 4.22. The molecule has 1 aromatic carbocycles. The normalized spacial score (nSPS) is 12.4. The Bertz CT molecular complexity index is 981. The van der Waals surface area contributed by atoms with E-state index < -0.39 is 6.04 Å². The average molecular weight is 593 g/mol. The van der Waals surface area contributed by atoms with Crippen molar-refractivity contribution in [3.63, 3.8) is 0 Å². The number of phenolic OH excluding ortho intramolecular Hbond substituents is 1. The van der Waals surface area contributed by atoms with Crippen LogP contribution in [0, 0.1) is 13.1 Å². The molecule has 0 spiro atoms. The van der Waals surface area contributed by atoms with E-state index in [4.69, 9.17) is 9.15 Å². The third-order valence-corrected chi connectivity index (χ3v) is 5.50. The molecule has 9 heteroatoms. The molecule has 7 nitrogen and oxygen atoms in total. The second-order valence-electron chi connectivity index (χ2n) is 6.21. The third kappa shape index (κ3) is 3.98. The molecule has 3 aromatic rings. The first-order valence-electron chi connectivity index (χ1n) is 8.10. The van der Waals surface area contributed by atoms with Gasteiger partial charge in [0.05, 0.1) is 16.2 Å². The van der Waals surface area contributed by atoms with Gasteiger partial charge in [-0.2, -0.15) is 0 Å². The minimum absolute atomic E-state index is 0.00677. The monoisotopic (exact) mass is 593 g/mol. The van der Waals surface area contributed by atoms with E-state index in [0.29, 0.717) is 14.8 Å². The molecule has 0 unspecified atom stereocenters. The van der Waals surface area contributed by atoms with Crippen LogP contribution >= 0.6 is 45.2 Å². The smallest absolute Gasteiger partial charge is 0.329 e. The Morgan fingerprint density at radius 3 is 2.63 bits per heavy atom. The molecule has 0 aliphatic heterocycles. The topological polar surface area (TPSA) is 90.4 Å². The van der Waals surface area contributed by atoms with E-state index in [1.807, 2.05) is 26.0 Å². The standard InChI is InChI=1S/C18H17I2N3O4/c1-9(2)14(18(25)26-3)23-6-4-5-13(23)17-22-21-16(27-17)11-7-10(19)8-12(20)15(11)24/h4-9,14,24H,1-3H3/t14-/m0/s1. The van der Waals surface area contributed by atoms with Crippen molar-refractivity contribution >= 4 is 51.2 Å². The zero-order chi connectivity index (χ0) is 19.7. The predicted molar refractivity (Wildman–Crippen MR) is 116 cm³/mol. The van der Waals surface area contributed by atoms with Crippen LogP contribution in [0.4, 0.5) is 0 Å². The summed E-state index contributed by atoms with van der Waals surface area (Å²) < 4.78 is 14.2. The highest BCUT2D eigenvalue weighted by molar-refractivity contribution is 14.1. The van der Waals surface area contributed by atoms with E-state index in [9.17, 15) is 9.90 Å². The van der Waals surface area contributed by atoms with Crippen molar-refractivity contribution in [3.05, 3.63) is 37.6 Å². The second-order valence-corrected chi connectivity index (χ2v) is 8.62. The summed E-state index contributed by atoms with van der Waals surface area (Å²) in [7, 11) is 1.37. The molecule has 0 fully saturated rings. The van der Waals surface area contributed by atoms with Gasteiger partial charge in [-0.3, -0.25) is 0 Å². The third-order valence-electron chi connectivity index (χ3n) is 4.06. The van der Waals surface area contributed by atoms with Gasteiger partial charge in [-0.1, -0.05) is 13.8 Å². The maximum absolute atomic E-state index is 12.2. The number of hydrogen-bond donors (Lipinski definition) is 1. The van der Waals surface area contributed by atoms with E-state index >= 15 is 0 Å². The highest BCUT2D eigenvalue weighted by Gasteiger charge is 2.28. The van der Waals surface area contributed by atoms with Gasteiger partial charge in [0, 0.05) is 9.77 Å². The molecule has 0 radical (unpaired) electrons. The van der Waals surface area contributed by atoms with Crippen molar-refractivity contribution < 1.29 is 19.1 Å². The highest BCUT2D eigenvalue weighted by atomic mass is 127. The molecule has 1 atom stereocenters. The fourth-order valence-electron chi connectivity index (χ4n) is 2.81. The van der Waals surface area contributed by atoms with Crippen molar-refractivity contribution in [1.82, 2.24) is 14.8 Å². The molecule has 0 saturated carbocycles. The van der Waals surface area contributed by atoms with Crippen LogP contribution in [-0.4, -0.2) is 33.0 Å². The molecule has 0 bridgehead atoms. The van der Waals surface area contributed by atoms with Crippen molar-refractivity contribution in [2.45, 2.75) is 19.9 Å². The summed E-state index contributed by atoms with van der Waals surface area (Å²) in [5.74, 6) is 0.235. The van der Waals surface area contributed by atoms with Crippen LogP contribution in [0.3, 0.4) is 0 Å². The minimum atomic E-state index is -0.512. The van der Waals surface area contributed by atoms with Crippen molar-refractivity contribution in [2.75, 3.05) is 7.11 Å². The van der Waals surface area contributed by atoms with Crippen LogP contribution in [0.25, 0.3) is 23.0 Å². The number of carbonyl (C=O) groups excluding carboxylic acids is 1. The molecule has 0 saturated heterocycles. The lowest BCUT2D eigenvalue weighted by Gasteiger charge is -2.21. The van der Waals surface area contributed by atoms with E-state index in [0.717, 1.165) is 3.57 Å². The zero-order valence-electron chi connectivity index (χ0n) is 14.8. The lowest BCUT2D eigenvalue weighted by atomic mass is 10.0. The molecule has 1 N–H and O–H groups in total. The molecule has 2 heterocycles. The van der Waals surface area contributed by atoms with Crippen LogP contribution in [0.2, 0.25) is 0 Å². The first-order chi connectivity index (χ1) is 12.8. The first kappa shape index (κ1) is 20.1. The fraction of sp³-hybridized carbons (Fsp3) is 0.278. The van der Waals surface area contributed by atoms with Crippen molar-refractivity contribution in [2.24, 2.45) is 5.92 Å². The summed E-state index contributed by atoms with van der Waals surface area (Å²) in [5.41, 5.74) is 1.08. The van der Waals surface area contributed by atoms with Crippen molar-refractivity contribution in [3.8, 4) is 28.8 Å². The molecule has 2 aromatic heterocycles. The van der Waals surface area contributed by atoms with Gasteiger partial charge in [-0.05, 0) is 75.4 Å². The van der Waals surface area contributed by atoms with Gasteiger partial charge < -0.3 is 18.8 Å². The summed E-state index contributed by atoms with van der Waals surface area (Å²) in [5, 5.41) is 18.5. The number of nitrogens with zero attached hydrogens (tertiary/aromatic N) is 3. The molecule has 3 rings (SSSR count). The summed E-state index contributed by atoms with van der Waals surface area (Å²) in [4.78, 5) is 12.2. The van der Waals surface area contributed by atoms with Gasteiger partial charge in [0.1, 0.15) is 17.5 Å². The molecule has 0 amide bonds. The van der Waals surface area contributed by atoms with Crippen LogP contribution in [0.1, 0.15) is 19.9 Å². The van der Waals surface area contributed by atoms with Gasteiger partial charge in [0.15, 0.2) is 0 Å². The van der Waals surface area contributed by atoms with E-state index in [1.54, 1.807) is 22.9 Å². The first-order valence-corrected chi connectivity index (χ1v) is 10.3. The summed E-state index contributed by atoms with van der Waals surface area (Å²) in [6.45, 7) is 3.88. The quantitative estimate of drug-likeness (QED) is 0.347. The van der Waals surface area contributed by atoms with Gasteiger partial charge in [0.25, 0.3) is 11.8 Å². The molecule has 142 valence electrons. The number of rotatable bonds is 5. The highest BCUT2D eigenvalue weighted by Crippen LogP contribution is 2.36. The largest absolute Gasteiger partial charge is 0.506 e. The Morgan fingerprint density at radius 1 is 1.26 bits per heavy atom. The molecular formula is C18H17I2N3O4.